The number of hydrogen-bond donors (Lipinski definition) is 1. The van der Waals surface area contributed by atoms with E-state index in [9.17, 15) is 4.79 Å². The number of carbonyl (C=O) groups excluding carboxylic acids is 1. The molecule has 0 aliphatic rings. The van der Waals surface area contributed by atoms with Gasteiger partial charge in [0.05, 0.1) is 5.52 Å². The molecule has 2 aromatic rings. The van der Waals surface area contributed by atoms with E-state index in [2.05, 4.69) is 16.2 Å². The van der Waals surface area contributed by atoms with Gasteiger partial charge in [-0.25, -0.2) is 4.98 Å². The first-order chi connectivity index (χ1) is 9.24. The molecule has 0 bridgehead atoms. The zero-order valence-electron chi connectivity index (χ0n) is 10.9. The number of nitrogens with zero attached hydrogens (tertiary/aromatic N) is 1. The fraction of sp³-hybridized carbons (Fsp3) is 0.250. The molecule has 0 saturated heterocycles. The number of aromatic nitrogens is 1. The van der Waals surface area contributed by atoms with Crippen LogP contribution in [0.4, 0.5) is 0 Å². The highest BCUT2D eigenvalue weighted by Crippen LogP contribution is 2.12. The Hall–Kier alpha value is -2.34. The predicted molar refractivity (Wildman–Crippen MR) is 76.7 cm³/mol. The molecule has 2 rings (SSSR count). The number of terminal acetylenes is 1. The molecule has 1 unspecified atom stereocenters. The minimum absolute atomic E-state index is 0.00534. The zero-order valence-corrected chi connectivity index (χ0v) is 10.9. The fourth-order valence-electron chi connectivity index (χ4n) is 1.89. The van der Waals surface area contributed by atoms with E-state index in [1.54, 1.807) is 6.07 Å². The van der Waals surface area contributed by atoms with Gasteiger partial charge in [-0.15, -0.1) is 12.3 Å². The summed E-state index contributed by atoms with van der Waals surface area (Å²) >= 11 is 0. The summed E-state index contributed by atoms with van der Waals surface area (Å²) < 4.78 is 0. The van der Waals surface area contributed by atoms with Gasteiger partial charge in [0.25, 0.3) is 5.91 Å². The summed E-state index contributed by atoms with van der Waals surface area (Å²) in [5.41, 5.74) is 1.24. The summed E-state index contributed by atoms with van der Waals surface area (Å²) in [5.74, 6) is 2.40. The van der Waals surface area contributed by atoms with Gasteiger partial charge in [-0.2, -0.15) is 0 Å². The van der Waals surface area contributed by atoms with Crippen LogP contribution in [0.25, 0.3) is 10.9 Å². The highest BCUT2D eigenvalue weighted by Gasteiger charge is 2.12. The second-order valence-electron chi connectivity index (χ2n) is 4.38. The standard InChI is InChI=1S/C16H16N2O/c1-3-7-13(4-2)17-16(19)15-11-10-12-8-5-6-9-14(12)18-15/h1,5-6,8-11,13H,4,7H2,2H3,(H,17,19). The van der Waals surface area contributed by atoms with Gasteiger partial charge in [0.2, 0.25) is 0 Å². The SMILES string of the molecule is C#CCC(CC)NC(=O)c1ccc2ccccc2n1. The number of rotatable bonds is 4. The van der Waals surface area contributed by atoms with Gasteiger partial charge in [-0.1, -0.05) is 31.2 Å². The molecule has 0 spiro atoms. The van der Waals surface area contributed by atoms with Crippen molar-refractivity contribution in [2.75, 3.05) is 0 Å². The van der Waals surface area contributed by atoms with Crippen LogP contribution in [0.3, 0.4) is 0 Å². The molecule has 1 aromatic carbocycles. The van der Waals surface area contributed by atoms with Gasteiger partial charge < -0.3 is 5.32 Å². The monoisotopic (exact) mass is 252 g/mol. The van der Waals surface area contributed by atoms with Crippen LogP contribution in [-0.2, 0) is 0 Å². The van der Waals surface area contributed by atoms with Gasteiger partial charge in [-0.3, -0.25) is 4.79 Å². The van der Waals surface area contributed by atoms with Crippen molar-refractivity contribution in [1.82, 2.24) is 10.3 Å². The Bertz CT molecular complexity index is 628. The average molecular weight is 252 g/mol. The first kappa shape index (κ1) is 13.1. The van der Waals surface area contributed by atoms with E-state index in [1.807, 2.05) is 37.3 Å². The van der Waals surface area contributed by atoms with E-state index in [0.29, 0.717) is 12.1 Å². The highest BCUT2D eigenvalue weighted by atomic mass is 16.1. The van der Waals surface area contributed by atoms with Gasteiger partial charge in [-0.05, 0) is 18.6 Å². The normalized spacial score (nSPS) is 11.8. The van der Waals surface area contributed by atoms with Crippen LogP contribution in [0.2, 0.25) is 0 Å². The number of hydrogen-bond acceptors (Lipinski definition) is 2. The molecule has 0 saturated carbocycles. The largest absolute Gasteiger partial charge is 0.347 e. The number of fused-ring (bicyclic) bond motifs is 1. The second-order valence-corrected chi connectivity index (χ2v) is 4.38. The lowest BCUT2D eigenvalue weighted by molar-refractivity contribution is 0.0932. The van der Waals surface area contributed by atoms with E-state index in [4.69, 9.17) is 6.42 Å². The van der Waals surface area contributed by atoms with Crippen molar-refractivity contribution in [3.63, 3.8) is 0 Å². The molecule has 0 aliphatic heterocycles. The summed E-state index contributed by atoms with van der Waals surface area (Å²) in [6, 6.07) is 11.4. The Kier molecular flexibility index (Phi) is 4.15. The summed E-state index contributed by atoms with van der Waals surface area (Å²) in [5, 5.41) is 3.93. The van der Waals surface area contributed by atoms with Crippen LogP contribution >= 0.6 is 0 Å². The third-order valence-corrected chi connectivity index (χ3v) is 3.02. The molecule has 3 nitrogen and oxygen atoms in total. The number of benzene rings is 1. The maximum absolute atomic E-state index is 12.1. The highest BCUT2D eigenvalue weighted by molar-refractivity contribution is 5.95. The van der Waals surface area contributed by atoms with Crippen LogP contribution in [0.15, 0.2) is 36.4 Å². The quantitative estimate of drug-likeness (QED) is 0.850. The van der Waals surface area contributed by atoms with Crippen molar-refractivity contribution in [1.29, 1.82) is 0 Å². The van der Waals surface area contributed by atoms with E-state index >= 15 is 0 Å². The molecule has 0 radical (unpaired) electrons. The van der Waals surface area contributed by atoms with Crippen molar-refractivity contribution in [3.05, 3.63) is 42.1 Å². The zero-order chi connectivity index (χ0) is 13.7. The molecular weight excluding hydrogens is 236 g/mol. The van der Waals surface area contributed by atoms with Crippen LogP contribution < -0.4 is 5.32 Å². The minimum atomic E-state index is -0.173. The van der Waals surface area contributed by atoms with Crippen molar-refractivity contribution in [3.8, 4) is 12.3 Å². The maximum Gasteiger partial charge on any atom is 0.270 e. The Morgan fingerprint density at radius 2 is 2.16 bits per heavy atom. The molecule has 1 amide bonds. The van der Waals surface area contributed by atoms with E-state index < -0.39 is 0 Å². The molecule has 3 heteroatoms. The minimum Gasteiger partial charge on any atom is -0.347 e. The second kappa shape index (κ2) is 6.01. The molecule has 1 atom stereocenters. The Morgan fingerprint density at radius 3 is 2.89 bits per heavy atom. The number of nitrogens with one attached hydrogen (secondary N) is 1. The van der Waals surface area contributed by atoms with Gasteiger partial charge in [0.15, 0.2) is 0 Å². The van der Waals surface area contributed by atoms with E-state index in [1.165, 1.54) is 0 Å². The first-order valence-electron chi connectivity index (χ1n) is 6.34. The summed E-state index contributed by atoms with van der Waals surface area (Å²) in [4.78, 5) is 16.4. The van der Waals surface area contributed by atoms with Gasteiger partial charge in [0.1, 0.15) is 5.69 Å². The van der Waals surface area contributed by atoms with Crippen LogP contribution in [0.5, 0.6) is 0 Å². The molecule has 1 aromatic heterocycles. The molecule has 96 valence electrons. The average Bonchev–Trinajstić information content (AvgIpc) is 2.46. The molecule has 1 heterocycles. The summed E-state index contributed by atoms with van der Waals surface area (Å²) in [6.45, 7) is 2.00. The lowest BCUT2D eigenvalue weighted by atomic mass is 10.1. The number of para-hydroxylation sites is 1. The number of pyridine rings is 1. The Labute approximate surface area is 113 Å². The maximum atomic E-state index is 12.1. The molecule has 19 heavy (non-hydrogen) atoms. The number of amides is 1. The van der Waals surface area contributed by atoms with Gasteiger partial charge >= 0.3 is 0 Å². The van der Waals surface area contributed by atoms with Crippen molar-refractivity contribution in [2.24, 2.45) is 0 Å². The van der Waals surface area contributed by atoms with Crippen LogP contribution in [0, 0.1) is 12.3 Å². The third kappa shape index (κ3) is 3.11. The number of carbonyl (C=O) groups is 1. The fourth-order valence-corrected chi connectivity index (χ4v) is 1.89. The smallest absolute Gasteiger partial charge is 0.270 e. The molecular formula is C16H16N2O. The molecule has 0 aliphatic carbocycles. The van der Waals surface area contributed by atoms with E-state index in [-0.39, 0.29) is 11.9 Å². The van der Waals surface area contributed by atoms with Crippen LogP contribution in [-0.4, -0.2) is 16.9 Å². The third-order valence-electron chi connectivity index (χ3n) is 3.02. The molecule has 0 fully saturated rings. The molecule has 1 N–H and O–H groups in total. The van der Waals surface area contributed by atoms with Crippen molar-refractivity contribution in [2.45, 2.75) is 25.8 Å². The Morgan fingerprint density at radius 1 is 1.37 bits per heavy atom. The summed E-state index contributed by atoms with van der Waals surface area (Å²) in [6.07, 6.45) is 6.62. The van der Waals surface area contributed by atoms with E-state index in [0.717, 1.165) is 17.3 Å². The topological polar surface area (TPSA) is 42.0 Å². The van der Waals surface area contributed by atoms with Gasteiger partial charge in [0, 0.05) is 17.8 Å². The lowest BCUT2D eigenvalue weighted by Crippen LogP contribution is -2.34. The van der Waals surface area contributed by atoms with Crippen molar-refractivity contribution < 1.29 is 4.79 Å². The van der Waals surface area contributed by atoms with Crippen LogP contribution in [0.1, 0.15) is 30.3 Å². The lowest BCUT2D eigenvalue weighted by Gasteiger charge is -2.13. The first-order valence-corrected chi connectivity index (χ1v) is 6.34. The Balaban J connectivity index is 2.19. The van der Waals surface area contributed by atoms with Crippen molar-refractivity contribution >= 4 is 16.8 Å². The predicted octanol–water partition coefficient (Wildman–Crippen LogP) is 2.77. The summed E-state index contributed by atoms with van der Waals surface area (Å²) in [7, 11) is 0.